The van der Waals surface area contributed by atoms with Crippen molar-refractivity contribution in [3.05, 3.63) is 0 Å². The summed E-state index contributed by atoms with van der Waals surface area (Å²) in [6, 6.07) is 0. The van der Waals surface area contributed by atoms with Gasteiger partial charge in [0.15, 0.2) is 0 Å². The standard InChI is InChI=1S/C35H67NO7/c1-4-7-10-12-13-14-16-23-33(38)42-31-27-36(25-17-18-28-37)26-24-34(39)41-29-19-20-30-43-35(40)32(21-9-6-3)22-15-11-8-5-2/h32,37H,4-31H2,1-3H3. The SMILES string of the molecule is CCCCCCCCCC(=O)OCCN(CCCCO)CCC(=O)OCCCCOC(=O)C(CCCC)CCCCCC. The Morgan fingerprint density at radius 2 is 1.09 bits per heavy atom. The number of carbonyl (C=O) groups excluding carboxylic acids is 3. The molecule has 0 amide bonds. The third kappa shape index (κ3) is 27.6. The highest BCUT2D eigenvalue weighted by atomic mass is 16.5. The van der Waals surface area contributed by atoms with Crippen molar-refractivity contribution < 1.29 is 33.7 Å². The number of aliphatic hydroxyl groups excluding tert-OH is 1. The van der Waals surface area contributed by atoms with Crippen LogP contribution in [0.2, 0.25) is 0 Å². The van der Waals surface area contributed by atoms with E-state index in [1.807, 2.05) is 0 Å². The Kier molecular flexibility index (Phi) is 30.5. The predicted molar refractivity (Wildman–Crippen MR) is 174 cm³/mol. The van der Waals surface area contributed by atoms with Crippen LogP contribution in [0, 0.1) is 5.92 Å². The van der Waals surface area contributed by atoms with Crippen LogP contribution >= 0.6 is 0 Å². The molecular weight excluding hydrogens is 546 g/mol. The molecular formula is C35H67NO7. The van der Waals surface area contributed by atoms with E-state index in [1.165, 1.54) is 51.4 Å². The molecule has 1 atom stereocenters. The van der Waals surface area contributed by atoms with Gasteiger partial charge in [0, 0.05) is 26.1 Å². The molecule has 0 aliphatic rings. The van der Waals surface area contributed by atoms with Gasteiger partial charge in [0.25, 0.3) is 0 Å². The van der Waals surface area contributed by atoms with Gasteiger partial charge >= 0.3 is 17.9 Å². The number of hydrogen-bond acceptors (Lipinski definition) is 8. The van der Waals surface area contributed by atoms with Crippen LogP contribution in [0.15, 0.2) is 0 Å². The molecule has 0 heterocycles. The molecule has 8 nitrogen and oxygen atoms in total. The van der Waals surface area contributed by atoms with Crippen LogP contribution in [0.5, 0.6) is 0 Å². The van der Waals surface area contributed by atoms with Crippen LogP contribution in [-0.2, 0) is 28.6 Å². The van der Waals surface area contributed by atoms with Crippen molar-refractivity contribution in [2.24, 2.45) is 5.92 Å². The maximum Gasteiger partial charge on any atom is 0.308 e. The molecule has 0 radical (unpaired) electrons. The summed E-state index contributed by atoms with van der Waals surface area (Å²) in [5, 5.41) is 9.12. The minimum atomic E-state index is -0.258. The minimum absolute atomic E-state index is 0.00332. The molecule has 0 aromatic carbocycles. The third-order valence-corrected chi connectivity index (χ3v) is 7.86. The molecule has 0 spiro atoms. The summed E-state index contributed by atoms with van der Waals surface area (Å²) in [7, 11) is 0. The van der Waals surface area contributed by atoms with Gasteiger partial charge in [-0.05, 0) is 51.5 Å². The normalized spacial score (nSPS) is 11.9. The molecule has 8 heteroatoms. The van der Waals surface area contributed by atoms with Crippen molar-refractivity contribution in [1.29, 1.82) is 0 Å². The lowest BCUT2D eigenvalue weighted by molar-refractivity contribution is -0.150. The van der Waals surface area contributed by atoms with Gasteiger partial charge in [-0.3, -0.25) is 19.3 Å². The van der Waals surface area contributed by atoms with Crippen molar-refractivity contribution in [2.75, 3.05) is 46.1 Å². The monoisotopic (exact) mass is 613 g/mol. The van der Waals surface area contributed by atoms with Gasteiger partial charge in [0.05, 0.1) is 25.6 Å². The number of ether oxygens (including phenoxy) is 3. The molecule has 1 N–H and O–H groups in total. The Morgan fingerprint density at radius 3 is 1.77 bits per heavy atom. The third-order valence-electron chi connectivity index (χ3n) is 7.86. The maximum atomic E-state index is 12.6. The summed E-state index contributed by atoms with van der Waals surface area (Å²) in [4.78, 5) is 39.0. The van der Waals surface area contributed by atoms with Crippen LogP contribution in [0.25, 0.3) is 0 Å². The maximum absolute atomic E-state index is 12.6. The van der Waals surface area contributed by atoms with Crippen LogP contribution in [0.4, 0.5) is 0 Å². The first-order valence-corrected chi connectivity index (χ1v) is 17.8. The Labute approximate surface area is 264 Å². The van der Waals surface area contributed by atoms with E-state index in [0.29, 0.717) is 58.6 Å². The first-order valence-electron chi connectivity index (χ1n) is 17.8. The second-order valence-corrected chi connectivity index (χ2v) is 11.9. The summed E-state index contributed by atoms with van der Waals surface area (Å²) >= 11 is 0. The van der Waals surface area contributed by atoms with Crippen molar-refractivity contribution in [3.63, 3.8) is 0 Å². The highest BCUT2D eigenvalue weighted by molar-refractivity contribution is 5.72. The average Bonchev–Trinajstić information content (AvgIpc) is 3.00. The lowest BCUT2D eigenvalue weighted by atomic mass is 9.95. The molecule has 0 aliphatic heterocycles. The number of esters is 3. The Morgan fingerprint density at radius 1 is 0.535 bits per heavy atom. The fourth-order valence-corrected chi connectivity index (χ4v) is 5.02. The van der Waals surface area contributed by atoms with Crippen LogP contribution < -0.4 is 0 Å². The first-order chi connectivity index (χ1) is 21.0. The summed E-state index contributed by atoms with van der Waals surface area (Å²) in [5.74, 6) is -0.487. The van der Waals surface area contributed by atoms with Crippen molar-refractivity contribution in [1.82, 2.24) is 4.90 Å². The predicted octanol–water partition coefficient (Wildman–Crippen LogP) is 7.78. The Hall–Kier alpha value is -1.67. The van der Waals surface area contributed by atoms with Gasteiger partial charge < -0.3 is 19.3 Å². The summed E-state index contributed by atoms with van der Waals surface area (Å²) in [6.45, 7) is 9.47. The summed E-state index contributed by atoms with van der Waals surface area (Å²) < 4.78 is 16.4. The number of nitrogens with zero attached hydrogens (tertiary/aromatic N) is 1. The number of carbonyl (C=O) groups is 3. The summed E-state index contributed by atoms with van der Waals surface area (Å²) in [5.41, 5.74) is 0. The Balaban J connectivity index is 4.15. The van der Waals surface area contributed by atoms with Gasteiger partial charge in [0.1, 0.15) is 6.61 Å². The molecule has 0 bridgehead atoms. The van der Waals surface area contributed by atoms with E-state index >= 15 is 0 Å². The van der Waals surface area contributed by atoms with E-state index < -0.39 is 0 Å². The van der Waals surface area contributed by atoms with Gasteiger partial charge in [0.2, 0.25) is 0 Å². The van der Waals surface area contributed by atoms with E-state index in [-0.39, 0.29) is 36.9 Å². The highest BCUT2D eigenvalue weighted by Crippen LogP contribution is 2.19. The van der Waals surface area contributed by atoms with Gasteiger partial charge in [-0.25, -0.2) is 0 Å². The zero-order valence-electron chi connectivity index (χ0n) is 28.2. The lowest BCUT2D eigenvalue weighted by Crippen LogP contribution is -2.32. The number of aliphatic hydroxyl groups is 1. The topological polar surface area (TPSA) is 102 Å². The van der Waals surface area contributed by atoms with E-state index in [2.05, 4.69) is 25.7 Å². The molecule has 254 valence electrons. The lowest BCUT2D eigenvalue weighted by Gasteiger charge is -2.21. The first kappa shape index (κ1) is 41.3. The fourth-order valence-electron chi connectivity index (χ4n) is 5.02. The van der Waals surface area contributed by atoms with Gasteiger partial charge in [-0.2, -0.15) is 0 Å². The van der Waals surface area contributed by atoms with Crippen molar-refractivity contribution in [3.8, 4) is 0 Å². The summed E-state index contributed by atoms with van der Waals surface area (Å²) in [6.07, 6.45) is 20.3. The molecule has 1 unspecified atom stereocenters. The highest BCUT2D eigenvalue weighted by Gasteiger charge is 2.19. The van der Waals surface area contributed by atoms with E-state index in [4.69, 9.17) is 19.3 Å². The largest absolute Gasteiger partial charge is 0.466 e. The molecule has 43 heavy (non-hydrogen) atoms. The molecule has 0 saturated heterocycles. The van der Waals surface area contributed by atoms with Crippen molar-refractivity contribution in [2.45, 2.75) is 156 Å². The van der Waals surface area contributed by atoms with E-state index in [0.717, 1.165) is 57.9 Å². The molecule has 0 saturated carbocycles. The molecule has 0 rings (SSSR count). The zero-order valence-corrected chi connectivity index (χ0v) is 28.2. The van der Waals surface area contributed by atoms with Crippen molar-refractivity contribution >= 4 is 17.9 Å². The van der Waals surface area contributed by atoms with Crippen LogP contribution in [0.3, 0.4) is 0 Å². The van der Waals surface area contributed by atoms with Gasteiger partial charge in [-0.1, -0.05) is 97.8 Å². The molecule has 0 fully saturated rings. The van der Waals surface area contributed by atoms with Crippen LogP contribution in [0.1, 0.15) is 156 Å². The van der Waals surface area contributed by atoms with E-state index in [9.17, 15) is 14.4 Å². The Bertz CT molecular complexity index is 658. The molecule has 0 aliphatic carbocycles. The second-order valence-electron chi connectivity index (χ2n) is 11.9. The van der Waals surface area contributed by atoms with E-state index in [1.54, 1.807) is 0 Å². The fraction of sp³-hybridized carbons (Fsp3) is 0.914. The number of rotatable bonds is 32. The molecule has 0 aromatic rings. The number of unbranched alkanes of at least 4 members (excludes halogenated alkanes) is 12. The van der Waals surface area contributed by atoms with Gasteiger partial charge in [-0.15, -0.1) is 0 Å². The second kappa shape index (κ2) is 31.7. The quantitative estimate of drug-likeness (QED) is 0.0466. The zero-order chi connectivity index (χ0) is 31.8. The van der Waals surface area contributed by atoms with Crippen LogP contribution in [-0.4, -0.2) is 74.0 Å². The minimum Gasteiger partial charge on any atom is -0.466 e. The molecule has 0 aromatic heterocycles. The smallest absolute Gasteiger partial charge is 0.308 e. The average molecular weight is 614 g/mol. The number of hydrogen-bond donors (Lipinski definition) is 1.